The van der Waals surface area contributed by atoms with Gasteiger partial charge < -0.3 is 15.0 Å². The molecule has 1 N–H and O–H groups in total. The summed E-state index contributed by atoms with van der Waals surface area (Å²) < 4.78 is 6.69. The molecule has 1 saturated heterocycles. The summed E-state index contributed by atoms with van der Waals surface area (Å²) in [5.74, 6) is 0.961. The van der Waals surface area contributed by atoms with Gasteiger partial charge in [-0.3, -0.25) is 4.79 Å². The molecule has 3 heterocycles. The van der Waals surface area contributed by atoms with Crippen LogP contribution in [0.5, 0.6) is 0 Å². The van der Waals surface area contributed by atoms with Gasteiger partial charge in [-0.2, -0.15) is 0 Å². The fourth-order valence-electron chi connectivity index (χ4n) is 2.74. The van der Waals surface area contributed by atoms with E-state index < -0.39 is 0 Å². The number of aromatic nitrogens is 2. The maximum absolute atomic E-state index is 12.3. The van der Waals surface area contributed by atoms with Crippen molar-refractivity contribution in [3.63, 3.8) is 0 Å². The van der Waals surface area contributed by atoms with Crippen LogP contribution < -0.4 is 5.32 Å². The Morgan fingerprint density at radius 1 is 1.41 bits per heavy atom. The summed E-state index contributed by atoms with van der Waals surface area (Å²) >= 11 is 1.60. The molecule has 118 valence electrons. The summed E-state index contributed by atoms with van der Waals surface area (Å²) in [5, 5.41) is 5.24. The molecule has 0 saturated carbocycles. The maximum Gasteiger partial charge on any atom is 0.224 e. The van der Waals surface area contributed by atoms with Crippen LogP contribution in [0.2, 0.25) is 0 Å². The quantitative estimate of drug-likeness (QED) is 0.935. The zero-order valence-electron chi connectivity index (χ0n) is 12.8. The van der Waals surface area contributed by atoms with E-state index in [0.29, 0.717) is 26.1 Å². The van der Waals surface area contributed by atoms with E-state index in [2.05, 4.69) is 15.3 Å². The number of thiophene rings is 1. The van der Waals surface area contributed by atoms with Crippen LogP contribution in [-0.4, -0.2) is 52.6 Å². The Bertz CT molecular complexity index is 650. The molecule has 2 aromatic rings. The fraction of sp³-hybridized carbons (Fsp3) is 0.533. The van der Waals surface area contributed by atoms with E-state index in [1.807, 2.05) is 30.2 Å². The number of amides is 1. The van der Waals surface area contributed by atoms with Crippen molar-refractivity contribution in [3.8, 4) is 0 Å². The third kappa shape index (κ3) is 3.36. The van der Waals surface area contributed by atoms with Gasteiger partial charge in [-0.05, 0) is 25.3 Å². The third-order valence-corrected chi connectivity index (χ3v) is 4.56. The van der Waals surface area contributed by atoms with Gasteiger partial charge in [0.25, 0.3) is 0 Å². The smallest absolute Gasteiger partial charge is 0.224 e. The molecule has 1 aliphatic rings. The zero-order valence-corrected chi connectivity index (χ0v) is 13.6. The van der Waals surface area contributed by atoms with Crippen LogP contribution in [-0.2, 0) is 9.53 Å². The Morgan fingerprint density at radius 2 is 2.18 bits per heavy atom. The molecule has 3 rings (SSSR count). The Kier molecular flexibility index (Phi) is 4.54. The summed E-state index contributed by atoms with van der Waals surface area (Å²) in [6.45, 7) is 5.92. The maximum atomic E-state index is 12.3. The summed E-state index contributed by atoms with van der Waals surface area (Å²) in [6, 6.07) is 1.97. The number of hydrogen-bond donors (Lipinski definition) is 1. The highest BCUT2D eigenvalue weighted by Gasteiger charge is 2.25. The van der Waals surface area contributed by atoms with Crippen molar-refractivity contribution in [1.29, 1.82) is 0 Å². The minimum Gasteiger partial charge on any atom is -0.372 e. The first-order chi connectivity index (χ1) is 10.6. The van der Waals surface area contributed by atoms with E-state index in [1.54, 1.807) is 17.7 Å². The van der Waals surface area contributed by atoms with Crippen molar-refractivity contribution >= 4 is 33.3 Å². The van der Waals surface area contributed by atoms with Crippen LogP contribution in [0.4, 0.5) is 5.82 Å². The van der Waals surface area contributed by atoms with Gasteiger partial charge in [0.05, 0.1) is 22.4 Å². The van der Waals surface area contributed by atoms with Gasteiger partial charge in [-0.1, -0.05) is 0 Å². The lowest BCUT2D eigenvalue weighted by atomic mass is 10.2. The van der Waals surface area contributed by atoms with Crippen LogP contribution in [0.3, 0.4) is 0 Å². The number of rotatable bonds is 4. The highest BCUT2D eigenvalue weighted by atomic mass is 32.1. The lowest BCUT2D eigenvalue weighted by Gasteiger charge is -2.35. The second kappa shape index (κ2) is 6.58. The number of carbonyl (C=O) groups is 1. The summed E-state index contributed by atoms with van der Waals surface area (Å²) in [6.07, 6.45) is 2.21. The Balaban J connectivity index is 1.54. The molecule has 2 aromatic heterocycles. The van der Waals surface area contributed by atoms with Crippen molar-refractivity contribution in [1.82, 2.24) is 14.9 Å². The molecular formula is C15H20N4O2S. The van der Waals surface area contributed by atoms with E-state index in [9.17, 15) is 4.79 Å². The second-order valence-corrected chi connectivity index (χ2v) is 6.51. The van der Waals surface area contributed by atoms with Crippen molar-refractivity contribution < 1.29 is 9.53 Å². The average molecular weight is 320 g/mol. The molecule has 6 nitrogen and oxygen atoms in total. The van der Waals surface area contributed by atoms with Gasteiger partial charge in [-0.15, -0.1) is 11.3 Å². The van der Waals surface area contributed by atoms with Crippen LogP contribution in [0, 0.1) is 0 Å². The molecule has 2 atom stereocenters. The van der Waals surface area contributed by atoms with Crippen LogP contribution in [0.15, 0.2) is 17.8 Å². The van der Waals surface area contributed by atoms with Crippen molar-refractivity contribution in [2.24, 2.45) is 0 Å². The standard InChI is InChI=1S/C15H20N4O2S/c1-10-7-19(8-11(2)21-10)13(20)3-5-16-15-14-12(4-6-22-14)17-9-18-15/h4,6,9-11H,3,5,7-8H2,1-2H3,(H,16,17,18). The Morgan fingerprint density at radius 3 is 2.95 bits per heavy atom. The Labute approximate surface area is 133 Å². The summed E-state index contributed by atoms with van der Waals surface area (Å²) in [7, 11) is 0. The number of ether oxygens (including phenoxy) is 1. The molecule has 0 aliphatic carbocycles. The molecule has 1 aliphatic heterocycles. The van der Waals surface area contributed by atoms with Crippen molar-refractivity contribution in [2.45, 2.75) is 32.5 Å². The lowest BCUT2D eigenvalue weighted by Crippen LogP contribution is -2.48. The van der Waals surface area contributed by atoms with E-state index in [0.717, 1.165) is 16.0 Å². The van der Waals surface area contributed by atoms with Gasteiger partial charge in [0, 0.05) is 26.1 Å². The van der Waals surface area contributed by atoms with E-state index in [4.69, 9.17) is 4.74 Å². The number of hydrogen-bond acceptors (Lipinski definition) is 6. The van der Waals surface area contributed by atoms with E-state index >= 15 is 0 Å². The predicted octanol–water partition coefficient (Wildman–Crippen LogP) is 2.13. The highest BCUT2D eigenvalue weighted by molar-refractivity contribution is 7.17. The molecule has 2 unspecified atom stereocenters. The SMILES string of the molecule is CC1CN(C(=O)CCNc2ncnc3ccsc23)CC(C)O1. The van der Waals surface area contributed by atoms with Gasteiger partial charge in [-0.25, -0.2) is 9.97 Å². The zero-order chi connectivity index (χ0) is 15.5. The molecule has 7 heteroatoms. The fourth-order valence-corrected chi connectivity index (χ4v) is 3.55. The number of morpholine rings is 1. The second-order valence-electron chi connectivity index (χ2n) is 5.59. The molecule has 22 heavy (non-hydrogen) atoms. The molecular weight excluding hydrogens is 300 g/mol. The van der Waals surface area contributed by atoms with Gasteiger partial charge in [0.15, 0.2) is 0 Å². The van der Waals surface area contributed by atoms with Crippen LogP contribution in [0.1, 0.15) is 20.3 Å². The van der Waals surface area contributed by atoms with Crippen molar-refractivity contribution in [2.75, 3.05) is 25.0 Å². The monoisotopic (exact) mass is 320 g/mol. The average Bonchev–Trinajstić information content (AvgIpc) is 2.95. The first kappa shape index (κ1) is 15.2. The summed E-state index contributed by atoms with van der Waals surface area (Å²) in [5.41, 5.74) is 0.935. The topological polar surface area (TPSA) is 67.4 Å². The van der Waals surface area contributed by atoms with Gasteiger partial charge >= 0.3 is 0 Å². The lowest BCUT2D eigenvalue weighted by molar-refractivity contribution is -0.142. The van der Waals surface area contributed by atoms with Crippen molar-refractivity contribution in [3.05, 3.63) is 17.8 Å². The summed E-state index contributed by atoms with van der Waals surface area (Å²) in [4.78, 5) is 22.6. The van der Waals surface area contributed by atoms with E-state index in [-0.39, 0.29) is 18.1 Å². The Hall–Kier alpha value is -1.73. The highest BCUT2D eigenvalue weighted by Crippen LogP contribution is 2.24. The normalized spacial score (nSPS) is 22.0. The first-order valence-corrected chi connectivity index (χ1v) is 8.36. The number of nitrogens with one attached hydrogen (secondary N) is 1. The molecule has 0 bridgehead atoms. The number of nitrogens with zero attached hydrogens (tertiary/aromatic N) is 3. The van der Waals surface area contributed by atoms with E-state index in [1.165, 1.54) is 0 Å². The number of carbonyl (C=O) groups excluding carboxylic acids is 1. The molecule has 0 spiro atoms. The number of anilines is 1. The number of fused-ring (bicyclic) bond motifs is 1. The van der Waals surface area contributed by atoms with Gasteiger partial charge in [0.1, 0.15) is 12.1 Å². The molecule has 1 amide bonds. The molecule has 0 radical (unpaired) electrons. The largest absolute Gasteiger partial charge is 0.372 e. The minimum atomic E-state index is 0.105. The molecule has 1 fully saturated rings. The van der Waals surface area contributed by atoms with Crippen LogP contribution in [0.25, 0.3) is 10.2 Å². The third-order valence-electron chi connectivity index (χ3n) is 3.65. The molecule has 0 aromatic carbocycles. The minimum absolute atomic E-state index is 0.105. The van der Waals surface area contributed by atoms with Crippen LogP contribution >= 0.6 is 11.3 Å². The predicted molar refractivity (Wildman–Crippen MR) is 87.1 cm³/mol. The van der Waals surface area contributed by atoms with Gasteiger partial charge in [0.2, 0.25) is 5.91 Å². The first-order valence-electron chi connectivity index (χ1n) is 7.49.